The van der Waals surface area contributed by atoms with Gasteiger partial charge in [-0.1, -0.05) is 35.3 Å². The third kappa shape index (κ3) is 4.64. The number of amides is 1. The third-order valence-electron chi connectivity index (χ3n) is 3.92. The lowest BCUT2D eigenvalue weighted by Gasteiger charge is -2.15. The van der Waals surface area contributed by atoms with Gasteiger partial charge in [-0.25, -0.2) is 9.78 Å². The molecule has 0 unspecified atom stereocenters. The molecule has 3 aromatic rings. The van der Waals surface area contributed by atoms with Crippen LogP contribution in [0.15, 0.2) is 46.1 Å². The molecule has 150 valence electrons. The normalized spacial score (nSPS) is 11.8. The minimum Gasteiger partial charge on any atom is -0.451 e. The highest BCUT2D eigenvalue weighted by atomic mass is 35.5. The number of carbonyl (C=O) groups is 2. The lowest BCUT2D eigenvalue weighted by Crippen LogP contribution is -2.35. The van der Waals surface area contributed by atoms with Crippen LogP contribution in [0.5, 0.6) is 0 Å². The number of carbonyl (C=O) groups excluding carboxylic acids is 2. The minimum atomic E-state index is -1.19. The van der Waals surface area contributed by atoms with Gasteiger partial charge in [-0.2, -0.15) is 0 Å². The fourth-order valence-corrected chi connectivity index (χ4v) is 2.97. The van der Waals surface area contributed by atoms with E-state index in [2.05, 4.69) is 15.3 Å². The molecule has 0 aliphatic heterocycles. The van der Waals surface area contributed by atoms with Crippen molar-refractivity contribution in [3.8, 4) is 0 Å². The summed E-state index contributed by atoms with van der Waals surface area (Å²) in [7, 11) is 0. The summed E-state index contributed by atoms with van der Waals surface area (Å²) in [5.74, 6) is -1.46. The maximum absolute atomic E-state index is 12.3. The van der Waals surface area contributed by atoms with Gasteiger partial charge in [-0.15, -0.1) is 0 Å². The van der Waals surface area contributed by atoms with Crippen LogP contribution in [0.4, 0.5) is 5.82 Å². The highest BCUT2D eigenvalue weighted by Crippen LogP contribution is 2.22. The highest BCUT2D eigenvalue weighted by Gasteiger charge is 2.20. The molecule has 2 heterocycles. The number of nitrogens with zero attached hydrogens (tertiary/aromatic N) is 2. The summed E-state index contributed by atoms with van der Waals surface area (Å²) in [5.41, 5.74) is -1.05. The second-order valence-corrected chi connectivity index (χ2v) is 6.81. The van der Waals surface area contributed by atoms with Crippen LogP contribution >= 0.6 is 23.2 Å². The Morgan fingerprint density at radius 2 is 2.00 bits per heavy atom. The van der Waals surface area contributed by atoms with Gasteiger partial charge in [0.15, 0.2) is 11.9 Å². The molecular weight excluding hydrogens is 423 g/mol. The molecule has 0 bridgehead atoms. The van der Waals surface area contributed by atoms with Crippen molar-refractivity contribution in [2.45, 2.75) is 19.6 Å². The molecular formula is C18H14Cl2N4O5. The van der Waals surface area contributed by atoms with E-state index >= 15 is 0 Å². The average Bonchev–Trinajstić information content (AvgIpc) is 2.67. The first-order valence-electron chi connectivity index (χ1n) is 8.29. The minimum absolute atomic E-state index is 0.0619. The number of fused-ring (bicyclic) bond motifs is 1. The molecule has 0 spiro atoms. The van der Waals surface area contributed by atoms with Crippen LogP contribution in [0.3, 0.4) is 0 Å². The summed E-state index contributed by atoms with van der Waals surface area (Å²) >= 11 is 11.7. The number of hydrogen-bond acceptors (Lipinski definition) is 6. The van der Waals surface area contributed by atoms with Gasteiger partial charge >= 0.3 is 11.7 Å². The number of halogens is 2. The Hall–Kier alpha value is -3.17. The zero-order chi connectivity index (χ0) is 21.1. The van der Waals surface area contributed by atoms with Gasteiger partial charge in [0.25, 0.3) is 11.5 Å². The predicted octanol–water partition coefficient (Wildman–Crippen LogP) is 1.96. The second kappa shape index (κ2) is 8.46. The molecule has 29 heavy (non-hydrogen) atoms. The average molecular weight is 437 g/mol. The lowest BCUT2D eigenvalue weighted by molar-refractivity contribution is -0.153. The number of aromatic nitrogens is 3. The quantitative estimate of drug-likeness (QED) is 0.589. The first-order chi connectivity index (χ1) is 13.8. The number of para-hydroxylation sites is 1. The maximum Gasteiger partial charge on any atom is 0.329 e. The van der Waals surface area contributed by atoms with Crippen molar-refractivity contribution in [3.05, 3.63) is 67.4 Å². The molecule has 2 N–H and O–H groups in total. The number of H-pyrrole nitrogens is 1. The Bertz CT molecular complexity index is 1220. The maximum atomic E-state index is 12.3. The molecule has 3 rings (SSSR count). The number of nitrogens with one attached hydrogen (secondary N) is 2. The van der Waals surface area contributed by atoms with Gasteiger partial charge in [-0.05, 0) is 25.1 Å². The van der Waals surface area contributed by atoms with Crippen molar-refractivity contribution in [1.82, 2.24) is 14.5 Å². The summed E-state index contributed by atoms with van der Waals surface area (Å²) in [6.07, 6.45) is 0.105. The largest absolute Gasteiger partial charge is 0.451 e. The van der Waals surface area contributed by atoms with Gasteiger partial charge in [-0.3, -0.25) is 23.9 Å². The summed E-state index contributed by atoms with van der Waals surface area (Å²) < 4.78 is 6.14. The van der Waals surface area contributed by atoms with E-state index in [9.17, 15) is 19.2 Å². The van der Waals surface area contributed by atoms with Crippen LogP contribution in [0, 0.1) is 0 Å². The SMILES string of the molecule is C[C@@H](OC(=O)Cn1c(=O)[nH]c(=O)c2ccccc21)C(=O)Nc1ncc(Cl)cc1Cl. The van der Waals surface area contributed by atoms with Crippen molar-refractivity contribution in [2.75, 3.05) is 5.32 Å². The molecule has 2 aromatic heterocycles. The van der Waals surface area contributed by atoms with E-state index in [0.29, 0.717) is 5.02 Å². The molecule has 0 radical (unpaired) electrons. The number of ether oxygens (including phenoxy) is 1. The molecule has 9 nitrogen and oxygen atoms in total. The molecule has 0 aliphatic carbocycles. The molecule has 0 fully saturated rings. The summed E-state index contributed by atoms with van der Waals surface area (Å²) in [6.45, 7) is 0.860. The first kappa shape index (κ1) is 20.6. The van der Waals surface area contributed by atoms with Crippen LogP contribution in [0.25, 0.3) is 10.9 Å². The fourth-order valence-electron chi connectivity index (χ4n) is 2.54. The Kier molecular flexibility index (Phi) is 6.00. The Morgan fingerprint density at radius 3 is 2.72 bits per heavy atom. The highest BCUT2D eigenvalue weighted by molar-refractivity contribution is 6.36. The third-order valence-corrected chi connectivity index (χ3v) is 4.41. The van der Waals surface area contributed by atoms with E-state index in [1.54, 1.807) is 12.1 Å². The van der Waals surface area contributed by atoms with Crippen molar-refractivity contribution < 1.29 is 14.3 Å². The topological polar surface area (TPSA) is 123 Å². The number of pyridine rings is 1. The van der Waals surface area contributed by atoms with E-state index < -0.39 is 35.8 Å². The molecule has 11 heteroatoms. The number of hydrogen-bond donors (Lipinski definition) is 2. The smallest absolute Gasteiger partial charge is 0.329 e. The monoisotopic (exact) mass is 436 g/mol. The molecule has 1 amide bonds. The number of benzene rings is 1. The number of aromatic amines is 1. The molecule has 1 aromatic carbocycles. The summed E-state index contributed by atoms with van der Waals surface area (Å²) in [5, 5.41) is 3.08. The van der Waals surface area contributed by atoms with E-state index in [0.717, 1.165) is 4.57 Å². The zero-order valence-corrected chi connectivity index (χ0v) is 16.5. The van der Waals surface area contributed by atoms with Crippen molar-refractivity contribution in [1.29, 1.82) is 0 Å². The van der Waals surface area contributed by atoms with Gasteiger partial charge in [0.1, 0.15) is 6.54 Å². The first-order valence-corrected chi connectivity index (χ1v) is 9.05. The lowest BCUT2D eigenvalue weighted by atomic mass is 10.2. The van der Waals surface area contributed by atoms with Crippen LogP contribution in [0.2, 0.25) is 10.0 Å². The van der Waals surface area contributed by atoms with Gasteiger partial charge in [0, 0.05) is 6.20 Å². The number of esters is 1. The number of rotatable bonds is 5. The Labute approximate surface area is 173 Å². The van der Waals surface area contributed by atoms with Gasteiger partial charge < -0.3 is 10.1 Å². The van der Waals surface area contributed by atoms with E-state index in [1.807, 2.05) is 0 Å². The van der Waals surface area contributed by atoms with Crippen molar-refractivity contribution >= 4 is 51.8 Å². The second-order valence-electron chi connectivity index (χ2n) is 5.97. The Morgan fingerprint density at radius 1 is 1.28 bits per heavy atom. The predicted molar refractivity (Wildman–Crippen MR) is 107 cm³/mol. The Balaban J connectivity index is 1.72. The molecule has 0 aliphatic rings. The van der Waals surface area contributed by atoms with Crippen LogP contribution < -0.4 is 16.6 Å². The van der Waals surface area contributed by atoms with E-state index in [4.69, 9.17) is 27.9 Å². The van der Waals surface area contributed by atoms with Crippen LogP contribution in [-0.4, -0.2) is 32.5 Å². The summed E-state index contributed by atoms with van der Waals surface area (Å²) in [4.78, 5) is 54.5. The van der Waals surface area contributed by atoms with E-state index in [-0.39, 0.29) is 21.7 Å². The molecule has 1 atom stereocenters. The van der Waals surface area contributed by atoms with Crippen molar-refractivity contribution in [3.63, 3.8) is 0 Å². The van der Waals surface area contributed by atoms with Crippen LogP contribution in [-0.2, 0) is 20.9 Å². The van der Waals surface area contributed by atoms with Gasteiger partial charge in [0.05, 0.1) is 20.9 Å². The summed E-state index contributed by atoms with van der Waals surface area (Å²) in [6, 6.07) is 7.71. The van der Waals surface area contributed by atoms with Gasteiger partial charge in [0.2, 0.25) is 0 Å². The van der Waals surface area contributed by atoms with Crippen molar-refractivity contribution in [2.24, 2.45) is 0 Å². The fraction of sp³-hybridized carbons (Fsp3) is 0.167. The van der Waals surface area contributed by atoms with Crippen LogP contribution in [0.1, 0.15) is 6.92 Å². The number of anilines is 1. The van der Waals surface area contributed by atoms with E-state index in [1.165, 1.54) is 31.3 Å². The standard InChI is InChI=1S/C18H14Cl2N4O5/c1-9(16(26)22-15-12(20)6-10(19)7-21-15)29-14(25)8-24-13-5-3-2-4-11(13)17(27)23-18(24)28/h2-7,9H,8H2,1H3,(H,21,22,26)(H,23,27,28)/t9-/m1/s1. The molecule has 0 saturated carbocycles. The molecule has 0 saturated heterocycles. The zero-order valence-electron chi connectivity index (χ0n) is 14.9.